The van der Waals surface area contributed by atoms with Crippen molar-refractivity contribution in [2.24, 2.45) is 0 Å². The van der Waals surface area contributed by atoms with Crippen LogP contribution in [0.4, 0.5) is 5.82 Å². The number of anilines is 1. The lowest BCUT2D eigenvalue weighted by Gasteiger charge is -2.27. The highest BCUT2D eigenvalue weighted by Gasteiger charge is 2.32. The molecule has 1 aromatic rings. The Morgan fingerprint density at radius 3 is 2.88 bits per heavy atom. The average molecular weight is 247 g/mol. The second-order valence-corrected chi connectivity index (χ2v) is 5.74. The van der Waals surface area contributed by atoms with E-state index in [0.717, 1.165) is 12.4 Å². The van der Waals surface area contributed by atoms with Gasteiger partial charge in [0.05, 0.1) is 0 Å². The molecule has 1 aromatic heterocycles. The fraction of sp³-hybridized carbons (Fsp3) is 0.538. The van der Waals surface area contributed by atoms with E-state index in [-0.39, 0.29) is 0 Å². The van der Waals surface area contributed by atoms with Crippen molar-refractivity contribution in [1.29, 1.82) is 5.26 Å². The Balaban J connectivity index is 1.99. The van der Waals surface area contributed by atoms with Crippen molar-refractivity contribution in [3.05, 3.63) is 23.9 Å². The van der Waals surface area contributed by atoms with Gasteiger partial charge in [-0.1, -0.05) is 18.9 Å². The zero-order valence-corrected chi connectivity index (χ0v) is 10.9. The smallest absolute Gasteiger partial charge is 0.142 e. The summed E-state index contributed by atoms with van der Waals surface area (Å²) in [6.07, 6.45) is 7.40. The molecular weight excluding hydrogens is 230 g/mol. The number of hydrogen-bond acceptors (Lipinski definition) is 4. The zero-order chi connectivity index (χ0) is 12.1. The summed E-state index contributed by atoms with van der Waals surface area (Å²) in [7, 11) is 0. The molecular formula is C13H17N3S. The summed E-state index contributed by atoms with van der Waals surface area (Å²) < 4.78 is 0.365. The lowest BCUT2D eigenvalue weighted by atomic mass is 10.1. The number of rotatable bonds is 4. The van der Waals surface area contributed by atoms with E-state index in [0.29, 0.717) is 10.4 Å². The lowest BCUT2D eigenvalue weighted by Crippen LogP contribution is -2.30. The molecule has 0 saturated heterocycles. The van der Waals surface area contributed by atoms with E-state index in [1.54, 1.807) is 6.07 Å². The van der Waals surface area contributed by atoms with E-state index in [2.05, 4.69) is 22.6 Å². The molecule has 0 bridgehead atoms. The van der Waals surface area contributed by atoms with Crippen molar-refractivity contribution in [1.82, 2.24) is 4.98 Å². The molecule has 17 heavy (non-hydrogen) atoms. The number of pyridine rings is 1. The van der Waals surface area contributed by atoms with Crippen LogP contribution in [0, 0.1) is 11.3 Å². The Hall–Kier alpha value is -1.21. The van der Waals surface area contributed by atoms with Gasteiger partial charge in [0.2, 0.25) is 0 Å². The molecule has 0 aliphatic heterocycles. The second kappa shape index (κ2) is 5.42. The maximum atomic E-state index is 8.79. The van der Waals surface area contributed by atoms with Gasteiger partial charge in [-0.15, -0.1) is 0 Å². The summed E-state index contributed by atoms with van der Waals surface area (Å²) in [5.74, 6) is 0.810. The first kappa shape index (κ1) is 12.3. The van der Waals surface area contributed by atoms with Crippen LogP contribution in [-0.2, 0) is 0 Å². The SMILES string of the molecule is CSC1(CNc2cccc(C#N)n2)CCCC1. The molecule has 0 spiro atoms. The molecule has 0 radical (unpaired) electrons. The van der Waals surface area contributed by atoms with Crippen LogP contribution in [0.15, 0.2) is 18.2 Å². The van der Waals surface area contributed by atoms with E-state index in [1.165, 1.54) is 25.7 Å². The highest BCUT2D eigenvalue weighted by atomic mass is 32.2. The van der Waals surface area contributed by atoms with Gasteiger partial charge >= 0.3 is 0 Å². The van der Waals surface area contributed by atoms with E-state index >= 15 is 0 Å². The minimum absolute atomic E-state index is 0.365. The van der Waals surface area contributed by atoms with Gasteiger partial charge in [-0.2, -0.15) is 17.0 Å². The summed E-state index contributed by atoms with van der Waals surface area (Å²) in [6.45, 7) is 0.941. The molecule has 4 heteroatoms. The first-order chi connectivity index (χ1) is 8.28. The third kappa shape index (κ3) is 2.92. The van der Waals surface area contributed by atoms with Gasteiger partial charge in [-0.3, -0.25) is 0 Å². The highest BCUT2D eigenvalue weighted by Crippen LogP contribution is 2.40. The largest absolute Gasteiger partial charge is 0.369 e. The summed E-state index contributed by atoms with van der Waals surface area (Å²) >= 11 is 1.95. The molecule has 90 valence electrons. The third-order valence-corrected chi connectivity index (χ3v) is 4.82. The van der Waals surface area contributed by atoms with E-state index < -0.39 is 0 Å². The Kier molecular flexibility index (Phi) is 3.90. The molecule has 1 N–H and O–H groups in total. The van der Waals surface area contributed by atoms with Gasteiger partial charge in [0.15, 0.2) is 0 Å². The molecule has 1 saturated carbocycles. The summed E-state index contributed by atoms with van der Waals surface area (Å²) in [6, 6.07) is 7.58. The van der Waals surface area contributed by atoms with E-state index in [1.807, 2.05) is 23.9 Å². The zero-order valence-electron chi connectivity index (χ0n) is 10.1. The van der Waals surface area contributed by atoms with Crippen molar-refractivity contribution >= 4 is 17.6 Å². The Labute approximate surface area is 107 Å². The predicted octanol–water partition coefficient (Wildman–Crippen LogP) is 3.04. The van der Waals surface area contributed by atoms with Gasteiger partial charge in [0.1, 0.15) is 17.6 Å². The molecule has 3 nitrogen and oxygen atoms in total. The van der Waals surface area contributed by atoms with Gasteiger partial charge < -0.3 is 5.32 Å². The Morgan fingerprint density at radius 1 is 1.47 bits per heavy atom. The van der Waals surface area contributed by atoms with Crippen LogP contribution >= 0.6 is 11.8 Å². The van der Waals surface area contributed by atoms with Gasteiger partial charge in [-0.05, 0) is 31.2 Å². The van der Waals surface area contributed by atoms with Crippen molar-refractivity contribution < 1.29 is 0 Å². The standard InChI is InChI=1S/C13H17N3S/c1-17-13(7-2-3-8-13)10-15-12-6-4-5-11(9-14)16-12/h4-6H,2-3,7-8,10H2,1H3,(H,15,16). The molecule has 0 amide bonds. The van der Waals surface area contributed by atoms with Crippen molar-refractivity contribution in [2.45, 2.75) is 30.4 Å². The summed E-state index contributed by atoms with van der Waals surface area (Å²) in [5.41, 5.74) is 0.472. The first-order valence-electron chi connectivity index (χ1n) is 5.94. The van der Waals surface area contributed by atoms with Gasteiger partial charge in [0.25, 0.3) is 0 Å². The summed E-state index contributed by atoms with van der Waals surface area (Å²) in [5, 5.41) is 12.2. The number of hydrogen-bond donors (Lipinski definition) is 1. The van der Waals surface area contributed by atoms with Crippen LogP contribution in [0.1, 0.15) is 31.4 Å². The topological polar surface area (TPSA) is 48.7 Å². The van der Waals surface area contributed by atoms with Crippen LogP contribution in [0.5, 0.6) is 0 Å². The molecule has 2 rings (SSSR count). The van der Waals surface area contributed by atoms with Crippen LogP contribution in [0.25, 0.3) is 0 Å². The number of thioether (sulfide) groups is 1. The number of nitriles is 1. The van der Waals surface area contributed by atoms with Gasteiger partial charge in [0, 0.05) is 11.3 Å². The normalized spacial score (nSPS) is 17.6. The van der Waals surface area contributed by atoms with Crippen molar-refractivity contribution in [2.75, 3.05) is 18.1 Å². The highest BCUT2D eigenvalue weighted by molar-refractivity contribution is 8.00. The van der Waals surface area contributed by atoms with Crippen LogP contribution in [0.2, 0.25) is 0 Å². The number of nitrogens with zero attached hydrogens (tertiary/aromatic N) is 2. The molecule has 1 fully saturated rings. The average Bonchev–Trinajstić information content (AvgIpc) is 2.86. The minimum Gasteiger partial charge on any atom is -0.369 e. The van der Waals surface area contributed by atoms with Crippen molar-refractivity contribution in [3.63, 3.8) is 0 Å². The van der Waals surface area contributed by atoms with Crippen LogP contribution in [0.3, 0.4) is 0 Å². The van der Waals surface area contributed by atoms with Gasteiger partial charge in [-0.25, -0.2) is 4.98 Å². The quantitative estimate of drug-likeness (QED) is 0.888. The fourth-order valence-corrected chi connectivity index (χ4v) is 3.23. The molecule has 0 aromatic carbocycles. The summed E-state index contributed by atoms with van der Waals surface area (Å²) in [4.78, 5) is 4.24. The van der Waals surface area contributed by atoms with E-state index in [9.17, 15) is 0 Å². The van der Waals surface area contributed by atoms with Crippen LogP contribution < -0.4 is 5.32 Å². The maximum absolute atomic E-state index is 8.79. The van der Waals surface area contributed by atoms with E-state index in [4.69, 9.17) is 5.26 Å². The monoisotopic (exact) mass is 247 g/mol. The molecule has 0 unspecified atom stereocenters. The lowest BCUT2D eigenvalue weighted by molar-refractivity contribution is 0.638. The Bertz CT molecular complexity index is 419. The molecule has 0 atom stereocenters. The minimum atomic E-state index is 0.365. The fourth-order valence-electron chi connectivity index (χ4n) is 2.32. The maximum Gasteiger partial charge on any atom is 0.142 e. The molecule has 1 aliphatic carbocycles. The first-order valence-corrected chi connectivity index (χ1v) is 7.17. The predicted molar refractivity (Wildman–Crippen MR) is 72.2 cm³/mol. The van der Waals surface area contributed by atoms with Crippen LogP contribution in [-0.4, -0.2) is 22.5 Å². The number of aromatic nitrogens is 1. The molecule has 1 aliphatic rings. The number of nitrogens with one attached hydrogen (secondary N) is 1. The third-order valence-electron chi connectivity index (χ3n) is 3.40. The Morgan fingerprint density at radius 2 is 2.24 bits per heavy atom. The van der Waals surface area contributed by atoms with Crippen molar-refractivity contribution in [3.8, 4) is 6.07 Å². The second-order valence-electron chi connectivity index (χ2n) is 4.47. The molecule has 1 heterocycles.